The highest BCUT2D eigenvalue weighted by Crippen LogP contribution is 2.67. The third kappa shape index (κ3) is 4.02. The molecule has 2 heterocycles. The van der Waals surface area contributed by atoms with Gasteiger partial charge >= 0.3 is 0 Å². The lowest BCUT2D eigenvalue weighted by molar-refractivity contribution is 0.259. The van der Waals surface area contributed by atoms with Gasteiger partial charge in [0.1, 0.15) is 11.5 Å². The normalized spacial score (nSPS) is 29.0. The van der Waals surface area contributed by atoms with Crippen LogP contribution in [0, 0.1) is 23.7 Å². The molecule has 4 aromatic carbocycles. The van der Waals surface area contributed by atoms with Gasteiger partial charge in [-0.3, -0.25) is 0 Å². The van der Waals surface area contributed by atoms with Gasteiger partial charge in [-0.1, -0.05) is 60.7 Å². The van der Waals surface area contributed by atoms with Gasteiger partial charge in [-0.2, -0.15) is 0 Å². The number of rotatable bonds is 4. The Bertz CT molecular complexity index is 1580. The van der Waals surface area contributed by atoms with Gasteiger partial charge in [0.05, 0.1) is 0 Å². The molecule has 4 nitrogen and oxygen atoms in total. The summed E-state index contributed by atoms with van der Waals surface area (Å²) in [5.41, 5.74) is 8.24. The molecule has 5 aliphatic rings. The molecule has 4 unspecified atom stereocenters. The molecule has 4 aromatic rings. The van der Waals surface area contributed by atoms with Gasteiger partial charge in [0, 0.05) is 35.6 Å². The third-order valence-corrected chi connectivity index (χ3v) is 11.3. The molecule has 4 heteroatoms. The SMILES string of the molecule is c1ccc(N2COc3ccc(C4CC5C(C4)C4CCC5C4c4ccc5c(c4)CN(c4ccccc4)CO5)cc3C2)cc1. The van der Waals surface area contributed by atoms with Crippen molar-refractivity contribution < 1.29 is 9.47 Å². The number of para-hydroxylation sites is 2. The molecule has 2 aliphatic heterocycles. The number of anilines is 2. The molecule has 42 heavy (non-hydrogen) atoms. The summed E-state index contributed by atoms with van der Waals surface area (Å²) in [5, 5.41) is 0. The summed E-state index contributed by atoms with van der Waals surface area (Å²) < 4.78 is 12.4. The van der Waals surface area contributed by atoms with Crippen LogP contribution >= 0.6 is 0 Å². The van der Waals surface area contributed by atoms with Crippen LogP contribution in [0.5, 0.6) is 11.5 Å². The quantitative estimate of drug-likeness (QED) is 0.253. The van der Waals surface area contributed by atoms with Crippen molar-refractivity contribution in [3.63, 3.8) is 0 Å². The number of hydrogen-bond donors (Lipinski definition) is 0. The second kappa shape index (κ2) is 9.83. The molecule has 3 saturated carbocycles. The van der Waals surface area contributed by atoms with Crippen LogP contribution in [0.4, 0.5) is 11.4 Å². The smallest absolute Gasteiger partial charge is 0.161 e. The van der Waals surface area contributed by atoms with E-state index in [-0.39, 0.29) is 0 Å². The molecule has 3 fully saturated rings. The minimum absolute atomic E-state index is 0.619. The van der Waals surface area contributed by atoms with Crippen molar-refractivity contribution in [3.05, 3.63) is 119 Å². The highest BCUT2D eigenvalue weighted by atomic mass is 16.5. The van der Waals surface area contributed by atoms with Gasteiger partial charge in [0.15, 0.2) is 13.5 Å². The Morgan fingerprint density at radius 2 is 1.02 bits per heavy atom. The molecule has 0 radical (unpaired) electrons. The predicted molar refractivity (Wildman–Crippen MR) is 167 cm³/mol. The zero-order valence-corrected chi connectivity index (χ0v) is 24.1. The lowest BCUT2D eigenvalue weighted by Crippen LogP contribution is -2.32. The summed E-state index contributed by atoms with van der Waals surface area (Å²) in [6, 6.07) is 35.6. The Morgan fingerprint density at radius 1 is 0.524 bits per heavy atom. The van der Waals surface area contributed by atoms with E-state index < -0.39 is 0 Å². The Hall–Kier alpha value is -3.92. The fourth-order valence-corrected chi connectivity index (χ4v) is 9.47. The van der Waals surface area contributed by atoms with Crippen LogP contribution < -0.4 is 19.3 Å². The zero-order chi connectivity index (χ0) is 27.6. The van der Waals surface area contributed by atoms with E-state index >= 15 is 0 Å². The molecule has 0 aromatic heterocycles. The Morgan fingerprint density at radius 3 is 1.57 bits per heavy atom. The Balaban J connectivity index is 0.925. The maximum absolute atomic E-state index is 6.20. The molecule has 0 spiro atoms. The van der Waals surface area contributed by atoms with E-state index in [0.29, 0.717) is 19.4 Å². The summed E-state index contributed by atoms with van der Waals surface area (Å²) >= 11 is 0. The summed E-state index contributed by atoms with van der Waals surface area (Å²) in [4.78, 5) is 4.68. The van der Waals surface area contributed by atoms with E-state index in [0.717, 1.165) is 54.2 Å². The van der Waals surface area contributed by atoms with Crippen LogP contribution in [0.15, 0.2) is 97.1 Å². The molecule has 3 aliphatic carbocycles. The lowest BCUT2D eigenvalue weighted by Gasteiger charge is -2.32. The van der Waals surface area contributed by atoms with Crippen LogP contribution in [-0.2, 0) is 13.1 Å². The molecule has 9 rings (SSSR count). The van der Waals surface area contributed by atoms with Crippen LogP contribution in [-0.4, -0.2) is 13.5 Å². The molecular formula is C38H38N2O2. The van der Waals surface area contributed by atoms with Gasteiger partial charge in [-0.15, -0.1) is 0 Å². The van der Waals surface area contributed by atoms with E-state index in [9.17, 15) is 0 Å². The van der Waals surface area contributed by atoms with E-state index in [1.54, 1.807) is 5.56 Å². The van der Waals surface area contributed by atoms with Gasteiger partial charge in [0.2, 0.25) is 0 Å². The monoisotopic (exact) mass is 554 g/mol. The number of hydrogen-bond acceptors (Lipinski definition) is 4. The first kappa shape index (κ1) is 24.7. The average Bonchev–Trinajstić information content (AvgIpc) is 3.77. The molecule has 0 amide bonds. The first-order valence-corrected chi connectivity index (χ1v) is 15.9. The van der Waals surface area contributed by atoms with Gasteiger partial charge in [-0.25, -0.2) is 0 Å². The van der Waals surface area contributed by atoms with Crippen molar-refractivity contribution in [1.29, 1.82) is 0 Å². The standard InChI is InChI=1S/C38H38N2O2/c1-3-7-30(8-4-1)39-21-28-17-25(11-15-36(28)41-23-39)27-19-34-32-13-14-33(35(34)20-27)38(32)26-12-16-37-29(18-26)22-40(24-42-37)31-9-5-2-6-10-31/h1-12,15-18,27,32-35,38H,13-14,19-24H2. The third-order valence-electron chi connectivity index (χ3n) is 11.3. The van der Waals surface area contributed by atoms with E-state index in [2.05, 4.69) is 107 Å². The maximum atomic E-state index is 6.20. The van der Waals surface area contributed by atoms with Crippen molar-refractivity contribution in [1.82, 2.24) is 0 Å². The molecular weight excluding hydrogens is 516 g/mol. The Kier molecular flexibility index (Phi) is 5.77. The molecule has 212 valence electrons. The first-order chi connectivity index (χ1) is 20.8. The van der Waals surface area contributed by atoms with Crippen LogP contribution in [0.1, 0.15) is 59.8 Å². The second-order valence-electron chi connectivity index (χ2n) is 13.3. The van der Waals surface area contributed by atoms with E-state index in [1.165, 1.54) is 53.7 Å². The second-order valence-corrected chi connectivity index (χ2v) is 13.3. The fourth-order valence-electron chi connectivity index (χ4n) is 9.47. The van der Waals surface area contributed by atoms with E-state index in [4.69, 9.17) is 9.47 Å². The number of benzene rings is 4. The largest absolute Gasteiger partial charge is 0.473 e. The summed E-state index contributed by atoms with van der Waals surface area (Å²) in [7, 11) is 0. The van der Waals surface area contributed by atoms with Crippen LogP contribution in [0.3, 0.4) is 0 Å². The highest BCUT2D eigenvalue weighted by Gasteiger charge is 2.57. The predicted octanol–water partition coefficient (Wildman–Crippen LogP) is 8.33. The van der Waals surface area contributed by atoms with Gasteiger partial charge in [-0.05, 0) is 109 Å². The number of ether oxygens (including phenoxy) is 2. The topological polar surface area (TPSA) is 24.9 Å². The summed E-state index contributed by atoms with van der Waals surface area (Å²) in [6.45, 7) is 3.08. The zero-order valence-electron chi connectivity index (χ0n) is 24.1. The average molecular weight is 555 g/mol. The van der Waals surface area contributed by atoms with Gasteiger partial charge in [0.25, 0.3) is 0 Å². The minimum atomic E-state index is 0.619. The van der Waals surface area contributed by atoms with E-state index in [1.807, 2.05) is 0 Å². The maximum Gasteiger partial charge on any atom is 0.161 e. The molecule has 4 atom stereocenters. The van der Waals surface area contributed by atoms with Crippen LogP contribution in [0.2, 0.25) is 0 Å². The summed E-state index contributed by atoms with van der Waals surface area (Å²) in [5.74, 6) is 6.90. The van der Waals surface area contributed by atoms with Crippen molar-refractivity contribution in [2.45, 2.75) is 50.6 Å². The highest BCUT2D eigenvalue weighted by molar-refractivity contribution is 5.52. The molecule has 2 bridgehead atoms. The number of nitrogens with zero attached hydrogens (tertiary/aromatic N) is 2. The van der Waals surface area contributed by atoms with Crippen molar-refractivity contribution in [3.8, 4) is 11.5 Å². The van der Waals surface area contributed by atoms with Crippen molar-refractivity contribution in [2.24, 2.45) is 23.7 Å². The summed E-state index contributed by atoms with van der Waals surface area (Å²) in [6.07, 6.45) is 5.49. The fraction of sp³-hybridized carbons (Fsp3) is 0.368. The molecule has 0 N–H and O–H groups in total. The van der Waals surface area contributed by atoms with Gasteiger partial charge < -0.3 is 19.3 Å². The number of fused-ring (bicyclic) bond motifs is 7. The first-order valence-electron chi connectivity index (χ1n) is 15.9. The Labute approximate surface area is 248 Å². The van der Waals surface area contributed by atoms with Crippen LogP contribution in [0.25, 0.3) is 0 Å². The van der Waals surface area contributed by atoms with Crippen molar-refractivity contribution >= 4 is 11.4 Å². The lowest BCUT2D eigenvalue weighted by atomic mass is 9.82. The van der Waals surface area contributed by atoms with Crippen molar-refractivity contribution in [2.75, 3.05) is 23.3 Å². The molecule has 0 saturated heterocycles. The minimum Gasteiger partial charge on any atom is -0.473 e.